The van der Waals surface area contributed by atoms with Crippen LogP contribution in [0, 0.1) is 6.92 Å². The Morgan fingerprint density at radius 3 is 2.38 bits per heavy atom. The minimum absolute atomic E-state index is 0.0229. The first-order chi connectivity index (χ1) is 12.5. The van der Waals surface area contributed by atoms with E-state index in [-0.39, 0.29) is 11.7 Å². The van der Waals surface area contributed by atoms with Crippen LogP contribution in [0.4, 0.5) is 0 Å². The summed E-state index contributed by atoms with van der Waals surface area (Å²) in [6, 6.07) is 11.5. The SMILES string of the molecule is CCOP(=O)(CC1CCn2c(C(=O)c3ccc(C)cc3)ccc21)OCC. The summed E-state index contributed by atoms with van der Waals surface area (Å²) in [5, 5.41) is 0. The molecule has 0 saturated heterocycles. The number of hydrogen-bond acceptors (Lipinski definition) is 4. The van der Waals surface area contributed by atoms with Crippen LogP contribution in [0.25, 0.3) is 0 Å². The topological polar surface area (TPSA) is 57.5 Å². The molecule has 5 nitrogen and oxygen atoms in total. The molecular formula is C20H26NO4P. The Kier molecular flexibility index (Phi) is 5.81. The van der Waals surface area contributed by atoms with Crippen molar-refractivity contribution in [1.29, 1.82) is 0 Å². The summed E-state index contributed by atoms with van der Waals surface area (Å²) in [7, 11) is -3.10. The monoisotopic (exact) mass is 375 g/mol. The smallest absolute Gasteiger partial charge is 0.331 e. The van der Waals surface area contributed by atoms with Crippen molar-refractivity contribution >= 4 is 13.4 Å². The van der Waals surface area contributed by atoms with Gasteiger partial charge in [0.1, 0.15) is 0 Å². The molecule has 6 heteroatoms. The molecule has 0 radical (unpaired) electrons. The Hall–Kier alpha value is -1.68. The summed E-state index contributed by atoms with van der Waals surface area (Å²) in [4.78, 5) is 12.9. The van der Waals surface area contributed by atoms with Crippen molar-refractivity contribution in [3.05, 3.63) is 58.9 Å². The number of nitrogens with zero attached hydrogens (tertiary/aromatic N) is 1. The van der Waals surface area contributed by atoms with E-state index < -0.39 is 7.60 Å². The lowest BCUT2D eigenvalue weighted by Crippen LogP contribution is -2.09. The van der Waals surface area contributed by atoms with Gasteiger partial charge in [0.2, 0.25) is 5.78 Å². The molecule has 0 spiro atoms. The van der Waals surface area contributed by atoms with Crippen molar-refractivity contribution in [3.63, 3.8) is 0 Å². The Morgan fingerprint density at radius 1 is 1.12 bits per heavy atom. The van der Waals surface area contributed by atoms with Crippen LogP contribution in [-0.4, -0.2) is 29.7 Å². The van der Waals surface area contributed by atoms with E-state index in [4.69, 9.17) is 9.05 Å². The van der Waals surface area contributed by atoms with Gasteiger partial charge in [0.15, 0.2) is 0 Å². The zero-order valence-electron chi connectivity index (χ0n) is 15.6. The normalized spacial score (nSPS) is 16.7. The average molecular weight is 375 g/mol. The van der Waals surface area contributed by atoms with Crippen LogP contribution in [0.2, 0.25) is 0 Å². The van der Waals surface area contributed by atoms with Crippen LogP contribution < -0.4 is 0 Å². The second-order valence-electron chi connectivity index (χ2n) is 6.60. The molecule has 1 unspecified atom stereocenters. The molecule has 0 bridgehead atoms. The molecule has 0 amide bonds. The maximum Gasteiger partial charge on any atom is 0.331 e. The van der Waals surface area contributed by atoms with E-state index in [2.05, 4.69) is 4.57 Å². The highest BCUT2D eigenvalue weighted by Gasteiger charge is 2.34. The number of aryl methyl sites for hydroxylation is 1. The Balaban J connectivity index is 1.82. The summed E-state index contributed by atoms with van der Waals surface area (Å²) in [5.41, 5.74) is 3.55. The maximum absolute atomic E-state index is 12.9. The van der Waals surface area contributed by atoms with E-state index in [1.165, 1.54) is 0 Å². The van der Waals surface area contributed by atoms with Gasteiger partial charge in [0.05, 0.1) is 25.1 Å². The summed E-state index contributed by atoms with van der Waals surface area (Å²) in [6.07, 6.45) is 1.20. The van der Waals surface area contributed by atoms with Crippen LogP contribution in [0.1, 0.15) is 53.5 Å². The van der Waals surface area contributed by atoms with Crippen molar-refractivity contribution in [3.8, 4) is 0 Å². The highest BCUT2D eigenvalue weighted by atomic mass is 31.2. The molecule has 2 heterocycles. The number of carbonyl (C=O) groups excluding carboxylic acids is 1. The molecular weight excluding hydrogens is 349 g/mol. The van der Waals surface area contributed by atoms with E-state index >= 15 is 0 Å². The minimum Gasteiger partial charge on any atom is -0.342 e. The van der Waals surface area contributed by atoms with E-state index in [1.54, 1.807) is 0 Å². The molecule has 1 aromatic heterocycles. The quantitative estimate of drug-likeness (QED) is 0.492. The highest BCUT2D eigenvalue weighted by molar-refractivity contribution is 7.53. The van der Waals surface area contributed by atoms with Gasteiger partial charge in [-0.3, -0.25) is 9.36 Å². The minimum atomic E-state index is -3.10. The fourth-order valence-corrected chi connectivity index (χ4v) is 5.55. The van der Waals surface area contributed by atoms with Crippen molar-refractivity contribution in [2.45, 2.75) is 39.7 Å². The maximum atomic E-state index is 12.9. The summed E-state index contributed by atoms with van der Waals surface area (Å²) in [5.74, 6) is 0.105. The van der Waals surface area contributed by atoms with Crippen molar-refractivity contribution in [2.24, 2.45) is 0 Å². The number of rotatable bonds is 8. The van der Waals surface area contributed by atoms with Crippen molar-refractivity contribution in [2.75, 3.05) is 19.4 Å². The van der Waals surface area contributed by atoms with Gasteiger partial charge in [-0.15, -0.1) is 0 Å². The van der Waals surface area contributed by atoms with Gasteiger partial charge < -0.3 is 13.6 Å². The van der Waals surface area contributed by atoms with Crippen LogP contribution >= 0.6 is 7.60 Å². The molecule has 0 N–H and O–H groups in total. The first-order valence-corrected chi connectivity index (χ1v) is 10.9. The third-order valence-electron chi connectivity index (χ3n) is 4.78. The lowest BCUT2D eigenvalue weighted by atomic mass is 10.1. The second-order valence-corrected chi connectivity index (χ2v) is 8.71. The molecule has 0 fully saturated rings. The number of carbonyl (C=O) groups is 1. The number of ketones is 1. The molecule has 3 rings (SSSR count). The molecule has 1 aromatic carbocycles. The Labute approximate surface area is 154 Å². The number of aromatic nitrogens is 1. The van der Waals surface area contributed by atoms with Gasteiger partial charge in [0, 0.05) is 23.7 Å². The average Bonchev–Trinajstić information content (AvgIpc) is 3.18. The van der Waals surface area contributed by atoms with E-state index in [0.717, 1.165) is 24.2 Å². The van der Waals surface area contributed by atoms with E-state index in [1.807, 2.05) is 57.2 Å². The predicted octanol–water partition coefficient (Wildman–Crippen LogP) is 4.78. The van der Waals surface area contributed by atoms with E-state index in [9.17, 15) is 9.36 Å². The Morgan fingerprint density at radius 2 is 1.77 bits per heavy atom. The third kappa shape index (κ3) is 3.85. The van der Waals surface area contributed by atoms with Crippen molar-refractivity contribution in [1.82, 2.24) is 4.57 Å². The molecule has 1 aliphatic heterocycles. The largest absolute Gasteiger partial charge is 0.342 e. The summed E-state index contributed by atoms with van der Waals surface area (Å²) < 4.78 is 25.8. The number of benzene rings is 1. The second kappa shape index (κ2) is 7.91. The lowest BCUT2D eigenvalue weighted by molar-refractivity contribution is 0.103. The molecule has 0 aliphatic carbocycles. The first-order valence-electron chi connectivity index (χ1n) is 9.16. The van der Waals surface area contributed by atoms with Crippen LogP contribution in [0.3, 0.4) is 0 Å². The van der Waals surface area contributed by atoms with Crippen molar-refractivity contribution < 1.29 is 18.4 Å². The standard InChI is InChI=1S/C20H26NO4P/c1-4-24-26(23,25-5-2)14-17-12-13-21-18(17)10-11-19(21)20(22)16-8-6-15(3)7-9-16/h6-11,17H,4-5,12-14H2,1-3H3. The highest BCUT2D eigenvalue weighted by Crippen LogP contribution is 2.53. The molecule has 2 aromatic rings. The third-order valence-corrected chi connectivity index (χ3v) is 6.97. The van der Waals surface area contributed by atoms with Gasteiger partial charge in [0.25, 0.3) is 0 Å². The number of fused-ring (bicyclic) bond motifs is 1. The van der Waals surface area contributed by atoms with E-state index in [0.29, 0.717) is 30.6 Å². The zero-order chi connectivity index (χ0) is 18.7. The predicted molar refractivity (Wildman–Crippen MR) is 102 cm³/mol. The van der Waals surface area contributed by atoms with Gasteiger partial charge in [-0.25, -0.2) is 0 Å². The molecule has 1 aliphatic rings. The zero-order valence-corrected chi connectivity index (χ0v) is 16.5. The Bertz CT molecular complexity index is 815. The fourth-order valence-electron chi connectivity index (χ4n) is 3.56. The molecule has 0 saturated carbocycles. The molecule has 140 valence electrons. The summed E-state index contributed by atoms with van der Waals surface area (Å²) >= 11 is 0. The fraction of sp³-hybridized carbons (Fsp3) is 0.450. The van der Waals surface area contributed by atoms with Gasteiger partial charge in [-0.1, -0.05) is 29.8 Å². The lowest BCUT2D eigenvalue weighted by Gasteiger charge is -2.20. The van der Waals surface area contributed by atoms with Crippen LogP contribution in [-0.2, 0) is 20.2 Å². The summed E-state index contributed by atoms with van der Waals surface area (Å²) in [6.45, 7) is 7.12. The van der Waals surface area contributed by atoms with Gasteiger partial charge in [-0.05, 0) is 39.3 Å². The molecule has 1 atom stereocenters. The van der Waals surface area contributed by atoms with Crippen LogP contribution in [0.5, 0.6) is 0 Å². The van der Waals surface area contributed by atoms with Gasteiger partial charge >= 0.3 is 7.60 Å². The van der Waals surface area contributed by atoms with Crippen LogP contribution in [0.15, 0.2) is 36.4 Å². The molecule has 26 heavy (non-hydrogen) atoms. The number of hydrogen-bond donors (Lipinski definition) is 0. The van der Waals surface area contributed by atoms with Gasteiger partial charge in [-0.2, -0.15) is 0 Å². The first kappa shape index (κ1) is 19.1.